The largest absolute Gasteiger partial charge is 0.379 e. The van der Waals surface area contributed by atoms with E-state index >= 15 is 0 Å². The molecule has 2 rings (SSSR count). The number of rotatable bonds is 5. The fourth-order valence-electron chi connectivity index (χ4n) is 3.35. The van der Waals surface area contributed by atoms with Crippen LogP contribution < -0.4 is 0 Å². The molecule has 0 amide bonds. The molecule has 2 atom stereocenters. The highest BCUT2D eigenvalue weighted by atomic mass is 79.9. The summed E-state index contributed by atoms with van der Waals surface area (Å²) in [6, 6.07) is 0. The first-order chi connectivity index (χ1) is 8.29. The van der Waals surface area contributed by atoms with Gasteiger partial charge >= 0.3 is 0 Å². The van der Waals surface area contributed by atoms with E-state index in [4.69, 9.17) is 9.47 Å². The van der Waals surface area contributed by atoms with Crippen LogP contribution in [0, 0.1) is 5.41 Å². The van der Waals surface area contributed by atoms with Gasteiger partial charge in [0.05, 0.1) is 19.3 Å². The van der Waals surface area contributed by atoms with Crippen molar-refractivity contribution in [3.8, 4) is 0 Å². The second kappa shape index (κ2) is 6.53. The average molecular weight is 305 g/mol. The average Bonchev–Trinajstić information content (AvgIpc) is 2.60. The van der Waals surface area contributed by atoms with E-state index in [1.165, 1.54) is 44.9 Å². The van der Waals surface area contributed by atoms with Gasteiger partial charge in [0.25, 0.3) is 0 Å². The van der Waals surface area contributed by atoms with Crippen molar-refractivity contribution in [1.82, 2.24) is 0 Å². The number of ether oxygens (including phenoxy) is 2. The molecule has 2 aliphatic rings. The molecule has 100 valence electrons. The molecule has 0 heterocycles. The van der Waals surface area contributed by atoms with E-state index in [1.807, 2.05) is 6.92 Å². The number of alkyl halides is 1. The Morgan fingerprint density at radius 1 is 1.12 bits per heavy atom. The fourth-order valence-corrected chi connectivity index (χ4v) is 4.44. The molecular formula is C14H25BrO2. The molecule has 0 saturated heterocycles. The van der Waals surface area contributed by atoms with Crippen LogP contribution in [0.25, 0.3) is 0 Å². The first kappa shape index (κ1) is 13.8. The lowest BCUT2D eigenvalue weighted by Crippen LogP contribution is -2.55. The summed E-state index contributed by atoms with van der Waals surface area (Å²) in [6.07, 6.45) is 9.95. The van der Waals surface area contributed by atoms with Gasteiger partial charge in [0.1, 0.15) is 0 Å². The van der Waals surface area contributed by atoms with Crippen molar-refractivity contribution in [3.63, 3.8) is 0 Å². The normalized spacial score (nSPS) is 32.1. The minimum Gasteiger partial charge on any atom is -0.379 e. The molecule has 2 saturated carbocycles. The van der Waals surface area contributed by atoms with Gasteiger partial charge in [-0.25, -0.2) is 0 Å². The van der Waals surface area contributed by atoms with Crippen molar-refractivity contribution in [1.29, 1.82) is 0 Å². The fraction of sp³-hybridized carbons (Fsp3) is 1.00. The standard InChI is InChI=1S/C14H25BrO2/c1-2-16-9-10-17-13-11-12(15)14(13)7-5-3-4-6-8-14/h12-13H,2-11H2,1H3. The van der Waals surface area contributed by atoms with Gasteiger partial charge in [-0.3, -0.25) is 0 Å². The summed E-state index contributed by atoms with van der Waals surface area (Å²) in [7, 11) is 0. The molecule has 0 aromatic rings. The first-order valence-corrected chi connectivity index (χ1v) is 8.04. The summed E-state index contributed by atoms with van der Waals surface area (Å²) in [6.45, 7) is 4.33. The summed E-state index contributed by atoms with van der Waals surface area (Å²) in [5, 5.41) is 0. The Morgan fingerprint density at radius 2 is 1.82 bits per heavy atom. The molecule has 1 spiro atoms. The Balaban J connectivity index is 1.81. The monoisotopic (exact) mass is 304 g/mol. The van der Waals surface area contributed by atoms with Crippen LogP contribution in [0.15, 0.2) is 0 Å². The third kappa shape index (κ3) is 3.05. The number of hydrogen-bond donors (Lipinski definition) is 0. The van der Waals surface area contributed by atoms with Gasteiger partial charge in [0, 0.05) is 16.8 Å². The van der Waals surface area contributed by atoms with Crippen LogP contribution in [0.4, 0.5) is 0 Å². The van der Waals surface area contributed by atoms with Gasteiger partial charge in [0.2, 0.25) is 0 Å². The Bertz CT molecular complexity index is 224. The zero-order valence-electron chi connectivity index (χ0n) is 10.9. The lowest BCUT2D eigenvalue weighted by Gasteiger charge is -2.53. The zero-order valence-corrected chi connectivity index (χ0v) is 12.5. The van der Waals surface area contributed by atoms with Crippen LogP contribution in [0.3, 0.4) is 0 Å². The molecular weight excluding hydrogens is 280 g/mol. The number of halogens is 1. The minimum atomic E-state index is 0.447. The van der Waals surface area contributed by atoms with Crippen LogP contribution in [-0.2, 0) is 9.47 Å². The van der Waals surface area contributed by atoms with Crippen LogP contribution >= 0.6 is 15.9 Å². The van der Waals surface area contributed by atoms with Gasteiger partial charge in [0.15, 0.2) is 0 Å². The molecule has 0 radical (unpaired) electrons. The molecule has 0 bridgehead atoms. The molecule has 17 heavy (non-hydrogen) atoms. The van der Waals surface area contributed by atoms with Crippen LogP contribution in [0.2, 0.25) is 0 Å². The number of hydrogen-bond acceptors (Lipinski definition) is 2. The molecule has 0 aliphatic heterocycles. The van der Waals surface area contributed by atoms with Gasteiger partial charge in [-0.05, 0) is 26.2 Å². The van der Waals surface area contributed by atoms with E-state index in [9.17, 15) is 0 Å². The molecule has 0 N–H and O–H groups in total. The zero-order chi connectivity index (χ0) is 12.1. The van der Waals surface area contributed by atoms with Crippen molar-refractivity contribution in [2.45, 2.75) is 62.8 Å². The molecule has 2 unspecified atom stereocenters. The van der Waals surface area contributed by atoms with Crippen LogP contribution in [-0.4, -0.2) is 30.8 Å². The molecule has 3 heteroatoms. The first-order valence-electron chi connectivity index (χ1n) is 7.13. The van der Waals surface area contributed by atoms with Gasteiger partial charge in [-0.2, -0.15) is 0 Å². The third-order valence-electron chi connectivity index (χ3n) is 4.47. The maximum absolute atomic E-state index is 6.04. The molecule has 0 aromatic heterocycles. The SMILES string of the molecule is CCOCCOC1CC(Br)C12CCCCCC2. The molecule has 2 aliphatic carbocycles. The summed E-state index contributed by atoms with van der Waals surface area (Å²) in [5.41, 5.74) is 0.447. The predicted octanol–water partition coefficient (Wildman–Crippen LogP) is 3.92. The van der Waals surface area contributed by atoms with Crippen molar-refractivity contribution in [2.75, 3.05) is 19.8 Å². The Kier molecular flexibility index (Phi) is 5.31. The predicted molar refractivity (Wildman–Crippen MR) is 73.7 cm³/mol. The third-order valence-corrected chi connectivity index (χ3v) is 5.76. The van der Waals surface area contributed by atoms with Crippen molar-refractivity contribution >= 4 is 15.9 Å². The Hall–Kier alpha value is 0.400. The second-order valence-electron chi connectivity index (χ2n) is 5.41. The van der Waals surface area contributed by atoms with Crippen LogP contribution in [0.1, 0.15) is 51.9 Å². The van der Waals surface area contributed by atoms with Crippen molar-refractivity contribution < 1.29 is 9.47 Å². The highest BCUT2D eigenvalue weighted by Gasteiger charge is 2.53. The summed E-state index contributed by atoms with van der Waals surface area (Å²) in [5.74, 6) is 0. The quantitative estimate of drug-likeness (QED) is 0.566. The smallest absolute Gasteiger partial charge is 0.0704 e. The Morgan fingerprint density at radius 3 is 2.41 bits per heavy atom. The second-order valence-corrected chi connectivity index (χ2v) is 6.51. The van der Waals surface area contributed by atoms with E-state index < -0.39 is 0 Å². The molecule has 2 nitrogen and oxygen atoms in total. The maximum atomic E-state index is 6.04. The summed E-state index contributed by atoms with van der Waals surface area (Å²) >= 11 is 3.87. The van der Waals surface area contributed by atoms with E-state index in [-0.39, 0.29) is 0 Å². The van der Waals surface area contributed by atoms with E-state index in [2.05, 4.69) is 15.9 Å². The molecule has 0 aromatic carbocycles. The topological polar surface area (TPSA) is 18.5 Å². The van der Waals surface area contributed by atoms with Crippen molar-refractivity contribution in [3.05, 3.63) is 0 Å². The van der Waals surface area contributed by atoms with Crippen molar-refractivity contribution in [2.24, 2.45) is 5.41 Å². The van der Waals surface area contributed by atoms with Crippen LogP contribution in [0.5, 0.6) is 0 Å². The minimum absolute atomic E-state index is 0.447. The van der Waals surface area contributed by atoms with Gasteiger partial charge in [-0.15, -0.1) is 0 Å². The molecule has 2 fully saturated rings. The highest BCUT2D eigenvalue weighted by Crippen LogP contribution is 2.55. The van der Waals surface area contributed by atoms with E-state index in [1.54, 1.807) is 0 Å². The lowest BCUT2D eigenvalue weighted by atomic mass is 9.61. The maximum Gasteiger partial charge on any atom is 0.0704 e. The van der Waals surface area contributed by atoms with Gasteiger partial charge < -0.3 is 9.47 Å². The van der Waals surface area contributed by atoms with Gasteiger partial charge in [-0.1, -0.05) is 41.6 Å². The highest BCUT2D eigenvalue weighted by molar-refractivity contribution is 9.09. The summed E-state index contributed by atoms with van der Waals surface area (Å²) < 4.78 is 11.4. The van der Waals surface area contributed by atoms with E-state index in [0.717, 1.165) is 19.8 Å². The lowest BCUT2D eigenvalue weighted by molar-refractivity contribution is -0.121. The van der Waals surface area contributed by atoms with E-state index in [0.29, 0.717) is 16.3 Å². The summed E-state index contributed by atoms with van der Waals surface area (Å²) in [4.78, 5) is 0.685. The Labute approximate surface area is 114 Å².